The first kappa shape index (κ1) is 10.3. The van der Waals surface area contributed by atoms with E-state index in [0.717, 1.165) is 10.0 Å². The fourth-order valence-electron chi connectivity index (χ4n) is 0.670. The van der Waals surface area contributed by atoms with Gasteiger partial charge in [-0.2, -0.15) is 5.10 Å². The third-order valence-electron chi connectivity index (χ3n) is 1.17. The first-order valence-corrected chi connectivity index (χ1v) is 7.29. The molecule has 0 amide bonds. The molecule has 12 heavy (non-hydrogen) atoms. The summed E-state index contributed by atoms with van der Waals surface area (Å²) in [5.74, 6) is 0. The second kappa shape index (κ2) is 5.82. The van der Waals surface area contributed by atoms with Crippen molar-refractivity contribution in [1.29, 1.82) is 0 Å². The number of benzene rings is 1. The predicted octanol–water partition coefficient (Wildman–Crippen LogP) is 3.37. The molecule has 0 aliphatic carbocycles. The zero-order valence-corrected chi connectivity index (χ0v) is 10.6. The van der Waals surface area contributed by atoms with Crippen molar-refractivity contribution in [1.82, 2.24) is 4.83 Å². The smallest absolute Gasteiger partial charge is 0.0550 e. The fraction of sp³-hybridized carbons (Fsp3) is 0. The van der Waals surface area contributed by atoms with Gasteiger partial charge in [-0.15, -0.1) is 0 Å². The average Bonchev–Trinajstić information content (AvgIpc) is 2.09. The summed E-state index contributed by atoms with van der Waals surface area (Å²) >= 11 is 5.48. The number of hydrogen-bond donors (Lipinski definition) is 1. The van der Waals surface area contributed by atoms with Gasteiger partial charge in [-0.1, -0.05) is 28.1 Å². The molecule has 0 bridgehead atoms. The van der Waals surface area contributed by atoms with Crippen LogP contribution in [0.3, 0.4) is 0 Å². The summed E-state index contributed by atoms with van der Waals surface area (Å²) in [5.41, 5.74) is 1.08. The molecule has 1 aromatic carbocycles. The molecule has 64 valence electrons. The molecule has 0 radical (unpaired) electrons. The van der Waals surface area contributed by atoms with Gasteiger partial charge in [-0.25, -0.2) is 4.83 Å². The molecule has 1 rings (SSSR count). The van der Waals surface area contributed by atoms with Crippen molar-refractivity contribution < 1.29 is 0 Å². The molecule has 0 spiro atoms. The van der Waals surface area contributed by atoms with Crippen LogP contribution in [0.25, 0.3) is 0 Å². The maximum absolute atomic E-state index is 3.95. The van der Waals surface area contributed by atoms with E-state index >= 15 is 0 Å². The summed E-state index contributed by atoms with van der Waals surface area (Å²) in [5, 5.41) is 3.95. The van der Waals surface area contributed by atoms with Crippen molar-refractivity contribution in [2.75, 3.05) is 0 Å². The maximum atomic E-state index is 3.95. The molecule has 1 aromatic rings. The predicted molar refractivity (Wildman–Crippen MR) is 66.5 cm³/mol. The highest BCUT2D eigenvalue weighted by molar-refractivity contribution is 14.2. The Morgan fingerprint density at radius 2 is 2.08 bits per heavy atom. The lowest BCUT2D eigenvalue weighted by Crippen LogP contribution is -1.89. The Kier molecular flexibility index (Phi) is 5.01. The molecule has 2 nitrogen and oxygen atoms in total. The van der Waals surface area contributed by atoms with Crippen molar-refractivity contribution in [3.8, 4) is 0 Å². The average molecular weight is 357 g/mol. The molecular weight excluding hydrogens is 351 g/mol. The van der Waals surface area contributed by atoms with Crippen LogP contribution >= 0.6 is 46.3 Å². The number of halogens is 2. The Bertz CT molecular complexity index is 263. The van der Waals surface area contributed by atoms with Gasteiger partial charge in [-0.05, 0) is 17.7 Å². The lowest BCUT2D eigenvalue weighted by molar-refractivity contribution is 1.14. The van der Waals surface area contributed by atoms with Crippen molar-refractivity contribution in [3.05, 3.63) is 34.3 Å². The first-order valence-electron chi connectivity index (χ1n) is 3.14. The molecular formula is C7H6BrIN2S. The topological polar surface area (TPSA) is 24.4 Å². The van der Waals surface area contributed by atoms with Crippen LogP contribution < -0.4 is 4.83 Å². The molecule has 0 saturated heterocycles. The summed E-state index contributed by atoms with van der Waals surface area (Å²) < 4.78 is 1.08. The molecule has 0 aromatic heterocycles. The minimum absolute atomic E-state index is 1.08. The van der Waals surface area contributed by atoms with Gasteiger partial charge in [0, 0.05) is 34.8 Å². The minimum atomic E-state index is 1.08. The highest BCUT2D eigenvalue weighted by atomic mass is 127. The normalized spacial score (nSPS) is 10.5. The maximum Gasteiger partial charge on any atom is 0.0550 e. The van der Waals surface area contributed by atoms with Crippen LogP contribution in [-0.2, 0) is 0 Å². The van der Waals surface area contributed by atoms with Crippen LogP contribution in [0.5, 0.6) is 0 Å². The number of nitrogens with zero attached hydrogens (tertiary/aromatic N) is 1. The van der Waals surface area contributed by atoms with Gasteiger partial charge in [0.1, 0.15) is 0 Å². The Balaban J connectivity index is 2.58. The SMILES string of the molecule is Brc1ccc(/C=N/NSI)cc1. The van der Waals surface area contributed by atoms with Crippen molar-refractivity contribution in [2.24, 2.45) is 5.10 Å². The Labute approximate surface area is 96.0 Å². The minimum Gasteiger partial charge on any atom is -0.242 e. The summed E-state index contributed by atoms with van der Waals surface area (Å²) in [4.78, 5) is 2.77. The lowest BCUT2D eigenvalue weighted by Gasteiger charge is -1.92. The fourth-order valence-corrected chi connectivity index (χ4v) is 1.37. The standard InChI is InChI=1S/C7H6BrIN2S/c8-7-3-1-6(2-4-7)5-10-11-12-9/h1-5,11H/b10-5+. The molecule has 0 aliphatic rings. The molecule has 0 aliphatic heterocycles. The van der Waals surface area contributed by atoms with Crippen molar-refractivity contribution in [2.45, 2.75) is 0 Å². The van der Waals surface area contributed by atoms with Crippen LogP contribution in [0.15, 0.2) is 33.8 Å². The largest absolute Gasteiger partial charge is 0.242 e. The van der Waals surface area contributed by atoms with Gasteiger partial charge in [0.25, 0.3) is 0 Å². The van der Waals surface area contributed by atoms with Gasteiger partial charge in [-0.3, -0.25) is 0 Å². The van der Waals surface area contributed by atoms with Crippen LogP contribution in [0.1, 0.15) is 5.56 Å². The summed E-state index contributed by atoms with van der Waals surface area (Å²) in [6.45, 7) is 0. The van der Waals surface area contributed by atoms with E-state index in [1.807, 2.05) is 24.3 Å². The van der Waals surface area contributed by atoms with Crippen LogP contribution in [0, 0.1) is 0 Å². The Morgan fingerprint density at radius 1 is 1.42 bits per heavy atom. The molecule has 0 unspecified atom stereocenters. The number of hydrazone groups is 1. The summed E-state index contributed by atoms with van der Waals surface area (Å²) in [6, 6.07) is 7.96. The monoisotopic (exact) mass is 356 g/mol. The highest BCUT2D eigenvalue weighted by Gasteiger charge is 1.86. The van der Waals surface area contributed by atoms with E-state index in [1.54, 1.807) is 6.21 Å². The highest BCUT2D eigenvalue weighted by Crippen LogP contribution is 2.09. The Morgan fingerprint density at radius 3 is 2.67 bits per heavy atom. The van der Waals surface area contributed by atoms with E-state index in [4.69, 9.17) is 0 Å². The van der Waals surface area contributed by atoms with Gasteiger partial charge in [0.15, 0.2) is 0 Å². The zero-order valence-electron chi connectivity index (χ0n) is 6.00. The van der Waals surface area contributed by atoms with E-state index in [0.29, 0.717) is 0 Å². The number of rotatable bonds is 3. The lowest BCUT2D eigenvalue weighted by atomic mass is 10.2. The third kappa shape index (κ3) is 3.77. The summed E-state index contributed by atoms with van der Waals surface area (Å²) in [6.07, 6.45) is 1.78. The molecule has 0 heterocycles. The third-order valence-corrected chi connectivity index (χ3v) is 2.46. The molecule has 1 N–H and O–H groups in total. The van der Waals surface area contributed by atoms with Gasteiger partial charge < -0.3 is 0 Å². The molecule has 5 heteroatoms. The van der Waals surface area contributed by atoms with Gasteiger partial charge in [0.05, 0.1) is 6.21 Å². The number of nitrogens with one attached hydrogen (secondary N) is 1. The first-order chi connectivity index (χ1) is 5.83. The van der Waals surface area contributed by atoms with Crippen LogP contribution in [0.2, 0.25) is 0 Å². The van der Waals surface area contributed by atoms with E-state index in [1.165, 1.54) is 9.12 Å². The van der Waals surface area contributed by atoms with E-state index in [9.17, 15) is 0 Å². The Hall–Kier alpha value is 0.250. The quantitative estimate of drug-likeness (QED) is 0.388. The van der Waals surface area contributed by atoms with Crippen LogP contribution in [0.4, 0.5) is 0 Å². The van der Waals surface area contributed by atoms with Crippen molar-refractivity contribution in [3.63, 3.8) is 0 Å². The summed E-state index contributed by atoms with van der Waals surface area (Å²) in [7, 11) is 1.44. The molecule has 0 saturated carbocycles. The van der Waals surface area contributed by atoms with Gasteiger partial charge >= 0.3 is 0 Å². The molecule has 0 fully saturated rings. The van der Waals surface area contributed by atoms with E-state index in [-0.39, 0.29) is 0 Å². The zero-order chi connectivity index (χ0) is 8.81. The number of hydrogen-bond acceptors (Lipinski definition) is 3. The second-order valence-electron chi connectivity index (χ2n) is 1.98. The molecule has 0 atom stereocenters. The second-order valence-corrected chi connectivity index (χ2v) is 4.55. The van der Waals surface area contributed by atoms with Crippen molar-refractivity contribution >= 4 is 52.5 Å². The van der Waals surface area contributed by atoms with Crippen LogP contribution in [-0.4, -0.2) is 6.21 Å². The van der Waals surface area contributed by atoms with E-state index < -0.39 is 0 Å². The van der Waals surface area contributed by atoms with Gasteiger partial charge in [0.2, 0.25) is 0 Å². The van der Waals surface area contributed by atoms with E-state index in [2.05, 4.69) is 47.1 Å².